The summed E-state index contributed by atoms with van der Waals surface area (Å²) >= 11 is 0. The van der Waals surface area contributed by atoms with E-state index in [9.17, 15) is 14.4 Å². The minimum absolute atomic E-state index is 0.345. The fourth-order valence-electron chi connectivity index (χ4n) is 3.86. The number of carbonyl (C=O) groups excluding carboxylic acids is 3. The van der Waals surface area contributed by atoms with Crippen LogP contribution in [0.15, 0.2) is 48.5 Å². The van der Waals surface area contributed by atoms with Gasteiger partial charge in [-0.3, -0.25) is 14.5 Å². The quantitative estimate of drug-likeness (QED) is 0.638. The van der Waals surface area contributed by atoms with Gasteiger partial charge in [-0.1, -0.05) is 55.8 Å². The monoisotopic (exact) mass is 423 g/mol. The van der Waals surface area contributed by atoms with Gasteiger partial charge in [0.1, 0.15) is 17.8 Å². The van der Waals surface area contributed by atoms with Crippen molar-refractivity contribution < 1.29 is 19.1 Å². The average Bonchev–Trinajstić information content (AvgIpc) is 2.98. The van der Waals surface area contributed by atoms with Crippen LogP contribution in [-0.2, 0) is 21.5 Å². The highest BCUT2D eigenvalue weighted by Crippen LogP contribution is 2.29. The van der Waals surface area contributed by atoms with Crippen molar-refractivity contribution in [3.8, 4) is 5.75 Å². The van der Waals surface area contributed by atoms with Gasteiger partial charge in [-0.15, -0.1) is 0 Å². The van der Waals surface area contributed by atoms with Crippen molar-refractivity contribution in [2.45, 2.75) is 45.2 Å². The molecular formula is C24H29N3O4. The van der Waals surface area contributed by atoms with Gasteiger partial charge in [-0.05, 0) is 37.5 Å². The number of para-hydroxylation sites is 1. The van der Waals surface area contributed by atoms with Gasteiger partial charge >= 0.3 is 6.03 Å². The molecule has 1 aliphatic rings. The fourth-order valence-corrected chi connectivity index (χ4v) is 3.86. The Morgan fingerprint density at radius 1 is 1.16 bits per heavy atom. The summed E-state index contributed by atoms with van der Waals surface area (Å²) in [5.74, 6) is -0.213. The van der Waals surface area contributed by atoms with E-state index in [4.69, 9.17) is 4.74 Å². The molecule has 31 heavy (non-hydrogen) atoms. The Morgan fingerprint density at radius 2 is 1.84 bits per heavy atom. The second-order valence-electron chi connectivity index (χ2n) is 7.92. The van der Waals surface area contributed by atoms with Gasteiger partial charge in [0.05, 0.1) is 13.2 Å². The third kappa shape index (κ3) is 4.55. The fraction of sp³-hybridized carbons (Fsp3) is 0.375. The molecular weight excluding hydrogens is 394 g/mol. The topological polar surface area (TPSA) is 87.7 Å². The number of hydrogen-bond acceptors (Lipinski definition) is 4. The Morgan fingerprint density at radius 3 is 2.48 bits per heavy atom. The van der Waals surface area contributed by atoms with E-state index in [0.717, 1.165) is 23.3 Å². The Hall–Kier alpha value is -3.35. The number of urea groups is 1. The van der Waals surface area contributed by atoms with Crippen LogP contribution in [0.4, 0.5) is 4.79 Å². The van der Waals surface area contributed by atoms with Crippen molar-refractivity contribution >= 4 is 17.8 Å². The second-order valence-corrected chi connectivity index (χ2v) is 7.92. The van der Waals surface area contributed by atoms with Crippen molar-refractivity contribution in [3.63, 3.8) is 0 Å². The Bertz CT molecular complexity index is 973. The number of aryl methyl sites for hydroxylation is 1. The minimum atomic E-state index is -1.20. The molecule has 0 unspecified atom stereocenters. The third-order valence-electron chi connectivity index (χ3n) is 5.63. The molecule has 0 saturated carbocycles. The summed E-state index contributed by atoms with van der Waals surface area (Å²) in [7, 11) is 1.57. The van der Waals surface area contributed by atoms with Crippen molar-refractivity contribution in [2.24, 2.45) is 0 Å². The lowest BCUT2D eigenvalue weighted by atomic mass is 9.91. The van der Waals surface area contributed by atoms with Crippen LogP contribution in [0.2, 0.25) is 0 Å². The number of rotatable bonds is 8. The maximum atomic E-state index is 13.1. The van der Waals surface area contributed by atoms with Gasteiger partial charge in [-0.25, -0.2) is 4.79 Å². The molecule has 7 nitrogen and oxygen atoms in total. The van der Waals surface area contributed by atoms with Crippen LogP contribution < -0.4 is 15.4 Å². The van der Waals surface area contributed by atoms with Gasteiger partial charge in [-0.2, -0.15) is 0 Å². The number of imide groups is 1. The molecule has 2 atom stereocenters. The summed E-state index contributed by atoms with van der Waals surface area (Å²) < 4.78 is 5.34. The first-order valence-corrected chi connectivity index (χ1v) is 10.5. The molecule has 3 rings (SSSR count). The molecule has 4 amide bonds. The predicted octanol–water partition coefficient (Wildman–Crippen LogP) is 3.29. The first-order chi connectivity index (χ1) is 14.8. The van der Waals surface area contributed by atoms with E-state index in [1.807, 2.05) is 55.5 Å². The van der Waals surface area contributed by atoms with E-state index in [1.165, 1.54) is 5.56 Å². The molecule has 1 saturated heterocycles. The van der Waals surface area contributed by atoms with E-state index < -0.39 is 23.4 Å². The zero-order chi connectivity index (χ0) is 22.6. The molecule has 1 heterocycles. The minimum Gasteiger partial charge on any atom is -0.496 e. The summed E-state index contributed by atoms with van der Waals surface area (Å²) in [6.07, 6.45) is 1.98. The molecule has 1 aliphatic heterocycles. The second kappa shape index (κ2) is 9.20. The largest absolute Gasteiger partial charge is 0.496 e. The maximum Gasteiger partial charge on any atom is 0.325 e. The highest BCUT2D eigenvalue weighted by Gasteiger charge is 2.49. The molecule has 2 N–H and O–H groups in total. The lowest BCUT2D eigenvalue weighted by Gasteiger charge is -2.23. The molecule has 2 aromatic rings. The zero-order valence-electron chi connectivity index (χ0n) is 18.4. The molecule has 7 heteroatoms. The summed E-state index contributed by atoms with van der Waals surface area (Å²) in [6, 6.07) is 14.1. The summed E-state index contributed by atoms with van der Waals surface area (Å²) in [5.41, 5.74) is 1.48. The summed E-state index contributed by atoms with van der Waals surface area (Å²) in [4.78, 5) is 39.2. The smallest absolute Gasteiger partial charge is 0.325 e. The molecule has 0 radical (unpaired) electrons. The van der Waals surface area contributed by atoms with Crippen LogP contribution in [0, 0.1) is 0 Å². The van der Waals surface area contributed by atoms with E-state index in [2.05, 4.69) is 17.6 Å². The lowest BCUT2D eigenvalue weighted by Crippen LogP contribution is -2.43. The van der Waals surface area contributed by atoms with Gasteiger partial charge in [0.25, 0.3) is 5.91 Å². The van der Waals surface area contributed by atoms with Crippen LogP contribution in [0.3, 0.4) is 0 Å². The zero-order valence-corrected chi connectivity index (χ0v) is 18.4. The summed E-state index contributed by atoms with van der Waals surface area (Å²) in [6.45, 7) is 5.24. The predicted molar refractivity (Wildman–Crippen MR) is 118 cm³/mol. The Balaban J connectivity index is 1.70. The standard InChI is InChI=1S/C24H29N3O4/c1-5-8-17-11-13-18(14-12-17)24(3)22(29)27(23(30)26-24)15-21(28)25-16(2)19-9-6-7-10-20(19)31-4/h6-7,9-14,16H,5,8,15H2,1-4H3,(H,25,28)(H,26,30)/t16-,24+/m1/s1. The molecule has 0 aromatic heterocycles. The number of carbonyl (C=O) groups is 3. The molecule has 1 fully saturated rings. The van der Waals surface area contributed by atoms with Crippen molar-refractivity contribution in [1.29, 1.82) is 0 Å². The Kier molecular flexibility index (Phi) is 6.63. The number of methoxy groups -OCH3 is 1. The van der Waals surface area contributed by atoms with Crippen LogP contribution in [0.5, 0.6) is 5.75 Å². The number of nitrogens with zero attached hydrogens (tertiary/aromatic N) is 1. The molecule has 2 aromatic carbocycles. The number of ether oxygens (including phenoxy) is 1. The highest BCUT2D eigenvalue weighted by atomic mass is 16.5. The molecule has 0 spiro atoms. The number of nitrogens with one attached hydrogen (secondary N) is 2. The van der Waals surface area contributed by atoms with E-state index in [-0.39, 0.29) is 12.6 Å². The molecule has 164 valence electrons. The average molecular weight is 424 g/mol. The van der Waals surface area contributed by atoms with Crippen molar-refractivity contribution in [3.05, 3.63) is 65.2 Å². The van der Waals surface area contributed by atoms with Crippen molar-refractivity contribution in [1.82, 2.24) is 15.5 Å². The van der Waals surface area contributed by atoms with E-state index in [1.54, 1.807) is 14.0 Å². The van der Waals surface area contributed by atoms with Crippen LogP contribution in [0.25, 0.3) is 0 Å². The normalized spacial score (nSPS) is 19.2. The van der Waals surface area contributed by atoms with E-state index in [0.29, 0.717) is 11.3 Å². The van der Waals surface area contributed by atoms with Crippen molar-refractivity contribution in [2.75, 3.05) is 13.7 Å². The number of hydrogen-bond donors (Lipinski definition) is 2. The van der Waals surface area contributed by atoms with Gasteiger partial charge in [0.2, 0.25) is 5.91 Å². The van der Waals surface area contributed by atoms with Gasteiger partial charge in [0.15, 0.2) is 0 Å². The van der Waals surface area contributed by atoms with Crippen LogP contribution >= 0.6 is 0 Å². The number of amides is 4. The van der Waals surface area contributed by atoms with Gasteiger partial charge < -0.3 is 15.4 Å². The summed E-state index contributed by atoms with van der Waals surface area (Å²) in [5, 5.41) is 5.58. The van der Waals surface area contributed by atoms with Gasteiger partial charge in [0, 0.05) is 5.56 Å². The Labute approximate surface area is 182 Å². The van der Waals surface area contributed by atoms with Crippen LogP contribution in [-0.4, -0.2) is 36.4 Å². The lowest BCUT2D eigenvalue weighted by molar-refractivity contribution is -0.135. The SMILES string of the molecule is CCCc1ccc([C@]2(C)NC(=O)N(CC(=O)N[C@H](C)c3ccccc3OC)C2=O)cc1. The highest BCUT2D eigenvalue weighted by molar-refractivity contribution is 6.09. The molecule has 0 aliphatic carbocycles. The van der Waals surface area contributed by atoms with E-state index >= 15 is 0 Å². The maximum absolute atomic E-state index is 13.1. The third-order valence-corrected chi connectivity index (χ3v) is 5.63. The van der Waals surface area contributed by atoms with Crippen LogP contribution in [0.1, 0.15) is 49.9 Å². The first kappa shape index (κ1) is 22.3. The molecule has 0 bridgehead atoms. The first-order valence-electron chi connectivity index (χ1n) is 10.5. The number of benzene rings is 2.